The van der Waals surface area contributed by atoms with Crippen molar-refractivity contribution in [1.29, 1.82) is 5.41 Å². The van der Waals surface area contributed by atoms with Crippen LogP contribution in [-0.2, 0) is 4.79 Å². The molecule has 2 amide bonds. The summed E-state index contributed by atoms with van der Waals surface area (Å²) in [6, 6.07) is 8.47. The summed E-state index contributed by atoms with van der Waals surface area (Å²) in [6.07, 6.45) is 6.33. The summed E-state index contributed by atoms with van der Waals surface area (Å²) in [5.74, 6) is 0.137. The van der Waals surface area contributed by atoms with Crippen molar-refractivity contribution in [2.45, 2.75) is 26.3 Å². The highest BCUT2D eigenvalue weighted by Crippen LogP contribution is 2.25. The van der Waals surface area contributed by atoms with Gasteiger partial charge in [0.05, 0.1) is 22.5 Å². The summed E-state index contributed by atoms with van der Waals surface area (Å²) in [7, 11) is 0. The Bertz CT molecular complexity index is 1120. The third kappa shape index (κ3) is 5.61. The SMILES string of the molecule is CC(C)(C)N1CCN(c2ccc(-c3cnc(/C=C\C(=N)/C=C4\SC(=O)NC4=O)[nH]3)cc2)CC1. The van der Waals surface area contributed by atoms with Crippen molar-refractivity contribution in [2.75, 3.05) is 31.1 Å². The number of benzene rings is 1. The molecule has 0 spiro atoms. The Labute approximate surface area is 197 Å². The molecule has 2 saturated heterocycles. The smallest absolute Gasteiger partial charge is 0.290 e. The van der Waals surface area contributed by atoms with Gasteiger partial charge in [0, 0.05) is 37.4 Å². The molecule has 4 rings (SSSR count). The number of anilines is 1. The van der Waals surface area contributed by atoms with Gasteiger partial charge >= 0.3 is 0 Å². The fourth-order valence-electron chi connectivity index (χ4n) is 3.83. The fraction of sp³-hybridized carbons (Fsp3) is 0.333. The molecule has 0 unspecified atom stereocenters. The number of thioether (sulfide) groups is 1. The van der Waals surface area contributed by atoms with E-state index in [-0.39, 0.29) is 16.2 Å². The molecule has 0 atom stereocenters. The predicted octanol–water partition coefficient (Wildman–Crippen LogP) is 3.90. The molecule has 0 radical (unpaired) electrons. The van der Waals surface area contributed by atoms with E-state index < -0.39 is 11.1 Å². The lowest BCUT2D eigenvalue weighted by molar-refractivity contribution is -0.115. The number of piperazine rings is 1. The minimum atomic E-state index is -0.469. The van der Waals surface area contributed by atoms with Crippen LogP contribution in [0.25, 0.3) is 17.3 Å². The first kappa shape index (κ1) is 23.0. The van der Waals surface area contributed by atoms with Crippen molar-refractivity contribution in [2.24, 2.45) is 0 Å². The number of carbonyl (C=O) groups excluding carboxylic acids is 2. The van der Waals surface area contributed by atoms with Gasteiger partial charge in [-0.2, -0.15) is 0 Å². The summed E-state index contributed by atoms with van der Waals surface area (Å²) in [6.45, 7) is 11.0. The average molecular weight is 465 g/mol. The number of H-pyrrole nitrogens is 1. The zero-order chi connectivity index (χ0) is 23.6. The zero-order valence-corrected chi connectivity index (χ0v) is 19.8. The van der Waals surface area contributed by atoms with Crippen molar-refractivity contribution in [3.05, 3.63) is 53.3 Å². The lowest BCUT2D eigenvalue weighted by atomic mass is 10.0. The first-order chi connectivity index (χ1) is 15.7. The van der Waals surface area contributed by atoms with Crippen LogP contribution in [0, 0.1) is 5.41 Å². The number of imide groups is 1. The summed E-state index contributed by atoms with van der Waals surface area (Å²) in [5, 5.41) is 9.73. The summed E-state index contributed by atoms with van der Waals surface area (Å²) in [4.78, 5) is 35.5. The van der Waals surface area contributed by atoms with E-state index in [0.717, 1.165) is 49.2 Å². The molecule has 2 aromatic rings. The van der Waals surface area contributed by atoms with Crippen LogP contribution < -0.4 is 10.2 Å². The van der Waals surface area contributed by atoms with Gasteiger partial charge in [-0.25, -0.2) is 4.98 Å². The van der Waals surface area contributed by atoms with E-state index in [4.69, 9.17) is 5.41 Å². The van der Waals surface area contributed by atoms with Crippen LogP contribution in [0.1, 0.15) is 26.6 Å². The normalized spacial score (nSPS) is 19.0. The van der Waals surface area contributed by atoms with Crippen LogP contribution in [0.15, 0.2) is 47.5 Å². The third-order valence-electron chi connectivity index (χ3n) is 5.72. The van der Waals surface area contributed by atoms with E-state index in [2.05, 4.69) is 70.1 Å². The molecule has 1 aromatic heterocycles. The molecule has 2 aliphatic heterocycles. The Hall–Kier alpha value is -3.17. The molecule has 8 nitrogen and oxygen atoms in total. The van der Waals surface area contributed by atoms with Gasteiger partial charge in [-0.3, -0.25) is 19.8 Å². The van der Waals surface area contributed by atoms with Crippen LogP contribution in [0.4, 0.5) is 10.5 Å². The van der Waals surface area contributed by atoms with Crippen molar-refractivity contribution < 1.29 is 9.59 Å². The number of nitrogens with one attached hydrogen (secondary N) is 3. The predicted molar refractivity (Wildman–Crippen MR) is 134 cm³/mol. The number of aromatic amines is 1. The van der Waals surface area contributed by atoms with Crippen molar-refractivity contribution >= 4 is 40.4 Å². The number of nitrogens with zero attached hydrogens (tertiary/aromatic N) is 3. The number of imidazole rings is 1. The monoisotopic (exact) mass is 464 g/mol. The Kier molecular flexibility index (Phi) is 6.53. The molecular formula is C24H28N6O2S. The number of amides is 2. The highest BCUT2D eigenvalue weighted by molar-refractivity contribution is 8.18. The van der Waals surface area contributed by atoms with Crippen molar-refractivity contribution in [3.8, 4) is 11.3 Å². The zero-order valence-electron chi connectivity index (χ0n) is 19.0. The lowest BCUT2D eigenvalue weighted by Gasteiger charge is -2.43. The maximum absolute atomic E-state index is 11.6. The average Bonchev–Trinajstić information content (AvgIpc) is 3.38. The number of hydrogen-bond acceptors (Lipinski definition) is 7. The molecule has 1 aromatic carbocycles. The second-order valence-corrected chi connectivity index (χ2v) is 10.0. The van der Waals surface area contributed by atoms with Crippen LogP contribution in [-0.4, -0.2) is 63.4 Å². The van der Waals surface area contributed by atoms with E-state index in [1.807, 2.05) is 0 Å². The number of aromatic nitrogens is 2. The minimum Gasteiger partial charge on any atom is -0.369 e. The maximum Gasteiger partial charge on any atom is 0.290 e. The maximum atomic E-state index is 11.6. The Morgan fingerprint density at radius 3 is 2.42 bits per heavy atom. The summed E-state index contributed by atoms with van der Waals surface area (Å²) < 4.78 is 0. The van der Waals surface area contributed by atoms with E-state index in [1.54, 1.807) is 12.3 Å². The van der Waals surface area contributed by atoms with E-state index in [0.29, 0.717) is 5.82 Å². The summed E-state index contributed by atoms with van der Waals surface area (Å²) in [5.41, 5.74) is 3.46. The Morgan fingerprint density at radius 1 is 1.12 bits per heavy atom. The van der Waals surface area contributed by atoms with Gasteiger partial charge in [-0.15, -0.1) is 0 Å². The topological polar surface area (TPSA) is 105 Å². The standard InChI is InChI=1S/C24H28N6O2S/c1-24(2,3)30-12-10-29(11-13-30)18-7-4-16(5-8-18)19-15-26-21(27-19)9-6-17(25)14-20-22(31)28-23(32)33-20/h4-9,14-15,25H,10-13H2,1-3H3,(H,26,27)(H,28,31,32)/b9-6-,20-14-,25-17?. The number of carbonyl (C=O) groups is 2. The molecule has 0 saturated carbocycles. The molecular weight excluding hydrogens is 436 g/mol. The fourth-order valence-corrected chi connectivity index (χ4v) is 4.51. The number of rotatable bonds is 5. The molecule has 3 N–H and O–H groups in total. The molecule has 33 heavy (non-hydrogen) atoms. The minimum absolute atomic E-state index is 0.108. The Balaban J connectivity index is 1.36. The van der Waals surface area contributed by atoms with Crippen LogP contribution in [0.2, 0.25) is 0 Å². The number of hydrogen-bond donors (Lipinski definition) is 3. The summed E-state index contributed by atoms with van der Waals surface area (Å²) >= 11 is 0.795. The highest BCUT2D eigenvalue weighted by Gasteiger charge is 2.26. The molecule has 3 heterocycles. The molecule has 2 fully saturated rings. The van der Waals surface area contributed by atoms with E-state index >= 15 is 0 Å². The third-order valence-corrected chi connectivity index (χ3v) is 6.53. The van der Waals surface area contributed by atoms with Crippen molar-refractivity contribution in [3.63, 3.8) is 0 Å². The van der Waals surface area contributed by atoms with Crippen molar-refractivity contribution in [1.82, 2.24) is 20.2 Å². The van der Waals surface area contributed by atoms with Crippen LogP contribution in [0.5, 0.6) is 0 Å². The van der Waals surface area contributed by atoms with Gasteiger partial charge in [0.25, 0.3) is 11.1 Å². The van der Waals surface area contributed by atoms with Gasteiger partial charge in [0.15, 0.2) is 0 Å². The largest absolute Gasteiger partial charge is 0.369 e. The first-order valence-electron chi connectivity index (χ1n) is 10.9. The van der Waals surface area contributed by atoms with E-state index in [1.165, 1.54) is 17.8 Å². The van der Waals surface area contributed by atoms with Gasteiger partial charge < -0.3 is 15.3 Å². The molecule has 0 bridgehead atoms. The van der Waals surface area contributed by atoms with E-state index in [9.17, 15) is 9.59 Å². The van der Waals surface area contributed by atoms with Gasteiger partial charge in [-0.05, 0) is 68.5 Å². The lowest BCUT2D eigenvalue weighted by Crippen LogP contribution is -2.53. The van der Waals surface area contributed by atoms with Gasteiger partial charge in [0.1, 0.15) is 5.82 Å². The molecule has 9 heteroatoms. The highest BCUT2D eigenvalue weighted by atomic mass is 32.2. The second kappa shape index (κ2) is 9.36. The second-order valence-electron chi connectivity index (χ2n) is 9.01. The van der Waals surface area contributed by atoms with Gasteiger partial charge in [-0.1, -0.05) is 12.1 Å². The molecule has 172 valence electrons. The molecule has 0 aliphatic carbocycles. The van der Waals surface area contributed by atoms with Crippen LogP contribution in [0.3, 0.4) is 0 Å². The number of allylic oxidation sites excluding steroid dienone is 2. The molecule has 2 aliphatic rings. The van der Waals surface area contributed by atoms with Crippen LogP contribution >= 0.6 is 11.8 Å². The van der Waals surface area contributed by atoms with Gasteiger partial charge in [0.2, 0.25) is 0 Å². The quantitative estimate of drug-likeness (QED) is 0.458. The Morgan fingerprint density at radius 2 is 1.82 bits per heavy atom. The first-order valence-corrected chi connectivity index (χ1v) is 11.7.